The maximum atomic E-state index is 13.4. The van der Waals surface area contributed by atoms with Crippen LogP contribution in [0.1, 0.15) is 5.56 Å². The van der Waals surface area contributed by atoms with Gasteiger partial charge in [-0.05, 0) is 52.3 Å². The van der Waals surface area contributed by atoms with Crippen LogP contribution in [-0.2, 0) is 6.61 Å². The molecule has 0 fully saturated rings. The Morgan fingerprint density at radius 3 is 2.34 bits per heavy atom. The third-order valence-corrected chi connectivity index (χ3v) is 6.17. The number of benzene rings is 3. The fraction of sp³-hybridized carbons (Fsp3) is 0.125. The summed E-state index contributed by atoms with van der Waals surface area (Å²) >= 11 is 16.0. The molecule has 0 radical (unpaired) electrons. The minimum atomic E-state index is -0.309. The zero-order chi connectivity index (χ0) is 22.8. The molecule has 0 saturated carbocycles. The lowest BCUT2D eigenvalue weighted by molar-refractivity contribution is 0.298. The van der Waals surface area contributed by atoms with Gasteiger partial charge in [-0.3, -0.25) is 4.79 Å². The molecule has 0 aliphatic carbocycles. The number of hydrogen-bond acceptors (Lipinski definition) is 5. The van der Waals surface area contributed by atoms with Crippen molar-refractivity contribution >= 4 is 50.1 Å². The van der Waals surface area contributed by atoms with E-state index in [1.165, 1.54) is 7.11 Å². The second kappa shape index (κ2) is 9.45. The standard InChI is InChI=1S/C24H17BrCl2O5/c1-29-20-11-13(10-16(25)23(20)30-2)22-24(21(28)14-6-3-4-9-19(14)32-22)31-12-15-17(26)7-5-8-18(15)27/h3-11H,12H2,1-2H3. The van der Waals surface area contributed by atoms with E-state index in [0.717, 1.165) is 0 Å². The van der Waals surface area contributed by atoms with Crippen molar-refractivity contribution < 1.29 is 18.6 Å². The number of rotatable bonds is 6. The van der Waals surface area contributed by atoms with Gasteiger partial charge in [0.25, 0.3) is 0 Å². The van der Waals surface area contributed by atoms with Gasteiger partial charge >= 0.3 is 0 Å². The molecule has 0 unspecified atom stereocenters. The van der Waals surface area contributed by atoms with Crippen LogP contribution in [-0.4, -0.2) is 14.2 Å². The molecule has 0 amide bonds. The number of fused-ring (bicyclic) bond motifs is 1. The highest BCUT2D eigenvalue weighted by Crippen LogP contribution is 2.42. The van der Waals surface area contributed by atoms with Crippen molar-refractivity contribution in [1.29, 1.82) is 0 Å². The molecule has 8 heteroatoms. The normalized spacial score (nSPS) is 10.9. The van der Waals surface area contributed by atoms with Crippen molar-refractivity contribution in [3.8, 4) is 28.6 Å². The summed E-state index contributed by atoms with van der Waals surface area (Å²) in [4.78, 5) is 13.4. The molecule has 164 valence electrons. The van der Waals surface area contributed by atoms with E-state index in [1.54, 1.807) is 61.7 Å². The maximum absolute atomic E-state index is 13.4. The molecule has 0 bridgehead atoms. The van der Waals surface area contributed by atoms with E-state index in [9.17, 15) is 4.79 Å². The summed E-state index contributed by atoms with van der Waals surface area (Å²) in [5.74, 6) is 1.27. The van der Waals surface area contributed by atoms with Gasteiger partial charge in [-0.1, -0.05) is 41.4 Å². The van der Waals surface area contributed by atoms with Crippen molar-refractivity contribution in [3.63, 3.8) is 0 Å². The summed E-state index contributed by atoms with van der Waals surface area (Å²) in [7, 11) is 3.07. The second-order valence-electron chi connectivity index (χ2n) is 6.77. The van der Waals surface area contributed by atoms with Crippen LogP contribution in [0.4, 0.5) is 0 Å². The summed E-state index contributed by atoms with van der Waals surface area (Å²) in [5.41, 5.74) is 1.26. The Labute approximate surface area is 202 Å². The Morgan fingerprint density at radius 2 is 1.66 bits per heavy atom. The number of hydrogen-bond donors (Lipinski definition) is 0. The molecule has 3 aromatic carbocycles. The lowest BCUT2D eigenvalue weighted by atomic mass is 10.1. The molecule has 0 aliphatic rings. The van der Waals surface area contributed by atoms with Crippen LogP contribution in [0.5, 0.6) is 17.2 Å². The summed E-state index contributed by atoms with van der Waals surface area (Å²) in [6, 6.07) is 15.6. The van der Waals surface area contributed by atoms with Crippen LogP contribution in [0, 0.1) is 0 Å². The Morgan fingerprint density at radius 1 is 0.938 bits per heavy atom. The average Bonchev–Trinajstić information content (AvgIpc) is 2.79. The SMILES string of the molecule is COc1cc(-c2oc3ccccc3c(=O)c2OCc2c(Cl)cccc2Cl)cc(Br)c1OC. The molecule has 1 heterocycles. The Hall–Kier alpha value is -2.67. The van der Waals surface area contributed by atoms with Crippen molar-refractivity contribution in [2.45, 2.75) is 6.61 Å². The Bertz CT molecular complexity index is 1350. The van der Waals surface area contributed by atoms with E-state index in [-0.39, 0.29) is 23.5 Å². The van der Waals surface area contributed by atoms with E-state index >= 15 is 0 Å². The summed E-state index contributed by atoms with van der Waals surface area (Å²) in [6.45, 7) is -0.0108. The predicted molar refractivity (Wildman–Crippen MR) is 130 cm³/mol. The quantitative estimate of drug-likeness (QED) is 0.263. The molecule has 0 N–H and O–H groups in total. The monoisotopic (exact) mass is 534 g/mol. The third kappa shape index (κ3) is 4.18. The van der Waals surface area contributed by atoms with Gasteiger partial charge in [-0.25, -0.2) is 0 Å². The van der Waals surface area contributed by atoms with Gasteiger partial charge in [0.15, 0.2) is 17.3 Å². The van der Waals surface area contributed by atoms with Crippen molar-refractivity contribution in [3.05, 3.63) is 84.9 Å². The lowest BCUT2D eigenvalue weighted by Crippen LogP contribution is -2.10. The van der Waals surface area contributed by atoms with Gasteiger partial charge in [0.2, 0.25) is 11.2 Å². The molecule has 0 aliphatic heterocycles. The first-order chi connectivity index (χ1) is 15.4. The number of methoxy groups -OCH3 is 2. The molecule has 32 heavy (non-hydrogen) atoms. The topological polar surface area (TPSA) is 57.9 Å². The van der Waals surface area contributed by atoms with Crippen LogP contribution >= 0.6 is 39.1 Å². The van der Waals surface area contributed by atoms with Crippen LogP contribution in [0.2, 0.25) is 10.0 Å². The van der Waals surface area contributed by atoms with Crippen molar-refractivity contribution in [2.24, 2.45) is 0 Å². The summed E-state index contributed by atoms with van der Waals surface area (Å²) in [5, 5.41) is 1.28. The molecule has 0 saturated heterocycles. The van der Waals surface area contributed by atoms with Gasteiger partial charge in [0.1, 0.15) is 12.2 Å². The first-order valence-electron chi connectivity index (χ1n) is 9.48. The summed E-state index contributed by atoms with van der Waals surface area (Å²) < 4.78 is 23.6. The molecule has 4 rings (SSSR count). The third-order valence-electron chi connectivity index (χ3n) is 4.87. The van der Waals surface area contributed by atoms with E-state index in [4.69, 9.17) is 41.8 Å². The summed E-state index contributed by atoms with van der Waals surface area (Å²) in [6.07, 6.45) is 0. The zero-order valence-corrected chi connectivity index (χ0v) is 20.2. The van der Waals surface area contributed by atoms with Crippen LogP contribution in [0.15, 0.2) is 68.3 Å². The highest BCUT2D eigenvalue weighted by Gasteiger charge is 2.21. The highest BCUT2D eigenvalue weighted by atomic mass is 79.9. The van der Waals surface area contributed by atoms with E-state index in [0.29, 0.717) is 48.1 Å². The van der Waals surface area contributed by atoms with Gasteiger partial charge < -0.3 is 18.6 Å². The molecular formula is C24H17BrCl2O5. The second-order valence-corrected chi connectivity index (χ2v) is 8.44. The zero-order valence-electron chi connectivity index (χ0n) is 17.1. The van der Waals surface area contributed by atoms with Crippen LogP contribution in [0.3, 0.4) is 0 Å². The van der Waals surface area contributed by atoms with E-state index < -0.39 is 0 Å². The van der Waals surface area contributed by atoms with Crippen LogP contribution in [0.25, 0.3) is 22.3 Å². The molecule has 4 aromatic rings. The fourth-order valence-electron chi connectivity index (χ4n) is 3.31. The van der Waals surface area contributed by atoms with Crippen molar-refractivity contribution in [2.75, 3.05) is 14.2 Å². The van der Waals surface area contributed by atoms with E-state index in [1.807, 2.05) is 0 Å². The average molecular weight is 536 g/mol. The Balaban J connectivity index is 1.91. The first kappa shape index (κ1) is 22.5. The molecule has 0 spiro atoms. The smallest absolute Gasteiger partial charge is 0.235 e. The fourth-order valence-corrected chi connectivity index (χ4v) is 4.42. The number of halogens is 3. The minimum Gasteiger partial charge on any atom is -0.493 e. The molecule has 1 aromatic heterocycles. The lowest BCUT2D eigenvalue weighted by Gasteiger charge is -2.15. The highest BCUT2D eigenvalue weighted by molar-refractivity contribution is 9.10. The van der Waals surface area contributed by atoms with Gasteiger partial charge in [-0.2, -0.15) is 0 Å². The van der Waals surface area contributed by atoms with Crippen molar-refractivity contribution in [1.82, 2.24) is 0 Å². The molecule has 0 atom stereocenters. The van der Waals surface area contributed by atoms with E-state index in [2.05, 4.69) is 15.9 Å². The number of para-hydroxylation sites is 1. The first-order valence-corrected chi connectivity index (χ1v) is 11.0. The molecule has 5 nitrogen and oxygen atoms in total. The maximum Gasteiger partial charge on any atom is 0.235 e. The minimum absolute atomic E-state index is 0.0108. The van der Waals surface area contributed by atoms with Gasteiger partial charge in [0.05, 0.1) is 24.1 Å². The molecular weight excluding hydrogens is 519 g/mol. The largest absolute Gasteiger partial charge is 0.493 e. The number of ether oxygens (including phenoxy) is 3. The predicted octanol–water partition coefficient (Wildman–Crippen LogP) is 7.13. The van der Waals surface area contributed by atoms with Gasteiger partial charge in [0, 0.05) is 21.2 Å². The Kier molecular flexibility index (Phi) is 6.65. The van der Waals surface area contributed by atoms with Crippen LogP contribution < -0.4 is 19.6 Å². The van der Waals surface area contributed by atoms with Gasteiger partial charge in [-0.15, -0.1) is 0 Å².